The van der Waals surface area contributed by atoms with Crippen molar-refractivity contribution in [2.75, 3.05) is 0 Å². The highest BCUT2D eigenvalue weighted by molar-refractivity contribution is 7.97. The highest BCUT2D eigenvalue weighted by Crippen LogP contribution is 2.31. The molecule has 2 nitrogen and oxygen atoms in total. The zero-order valence-corrected chi connectivity index (χ0v) is 19.8. The first kappa shape index (κ1) is 23.4. The van der Waals surface area contributed by atoms with Crippen LogP contribution in [0.15, 0.2) is 124 Å². The second-order valence-electron chi connectivity index (χ2n) is 8.12. The van der Waals surface area contributed by atoms with Gasteiger partial charge >= 0.3 is 5.97 Å². The van der Waals surface area contributed by atoms with Crippen molar-refractivity contribution < 1.29 is 13.9 Å². The van der Waals surface area contributed by atoms with Crippen molar-refractivity contribution in [3.8, 4) is 11.8 Å². The van der Waals surface area contributed by atoms with E-state index in [1.165, 1.54) is 21.9 Å². The number of carbonyl (C=O) groups excluding carboxylic acids is 1. The summed E-state index contributed by atoms with van der Waals surface area (Å²) in [4.78, 5) is 16.4. The van der Waals surface area contributed by atoms with Crippen LogP contribution in [0, 0.1) is 17.7 Å². The van der Waals surface area contributed by atoms with Gasteiger partial charge in [-0.2, -0.15) is 0 Å². The van der Waals surface area contributed by atoms with Gasteiger partial charge in [-0.1, -0.05) is 60.4 Å². The minimum absolute atomic E-state index is 0.356. The van der Waals surface area contributed by atoms with Gasteiger partial charge in [0.2, 0.25) is 0 Å². The lowest BCUT2D eigenvalue weighted by molar-refractivity contribution is 0.0204. The maximum atomic E-state index is 13.4. The summed E-state index contributed by atoms with van der Waals surface area (Å²) in [5, 5.41) is 0. The Labute approximate surface area is 202 Å². The summed E-state index contributed by atoms with van der Waals surface area (Å²) < 4.78 is 19.1. The van der Waals surface area contributed by atoms with Gasteiger partial charge in [0.15, 0.2) is 20.3 Å². The Morgan fingerprint density at radius 1 is 0.765 bits per heavy atom. The molecule has 4 aromatic rings. The lowest BCUT2D eigenvalue weighted by atomic mass is 10.1. The van der Waals surface area contributed by atoms with Crippen molar-refractivity contribution in [3.05, 3.63) is 126 Å². The van der Waals surface area contributed by atoms with Gasteiger partial charge < -0.3 is 4.74 Å². The van der Waals surface area contributed by atoms with E-state index in [0.717, 1.165) is 4.90 Å². The van der Waals surface area contributed by atoms with E-state index < -0.39 is 11.6 Å². The Hall–Kier alpha value is -3.81. The zero-order valence-electron chi connectivity index (χ0n) is 19.0. The second kappa shape index (κ2) is 10.4. The van der Waals surface area contributed by atoms with E-state index in [2.05, 4.69) is 36.1 Å². The number of esters is 1. The van der Waals surface area contributed by atoms with Gasteiger partial charge in [0, 0.05) is 11.6 Å². The lowest BCUT2D eigenvalue weighted by Crippen LogP contribution is -2.26. The van der Waals surface area contributed by atoms with Gasteiger partial charge in [-0.15, -0.1) is 0 Å². The summed E-state index contributed by atoms with van der Waals surface area (Å²) in [5.74, 6) is 5.01. The quantitative estimate of drug-likeness (QED) is 0.181. The molecule has 0 saturated carbocycles. The average Bonchev–Trinajstić information content (AvgIpc) is 2.84. The first-order chi connectivity index (χ1) is 16.4. The molecule has 0 aromatic heterocycles. The summed E-state index contributed by atoms with van der Waals surface area (Å²) in [5.41, 5.74) is -0.0525. The third kappa shape index (κ3) is 5.95. The van der Waals surface area contributed by atoms with Crippen LogP contribution in [0.4, 0.5) is 4.39 Å². The van der Waals surface area contributed by atoms with Crippen molar-refractivity contribution >= 4 is 16.9 Å². The summed E-state index contributed by atoms with van der Waals surface area (Å²) in [6.45, 7) is 3.44. The van der Waals surface area contributed by atoms with Gasteiger partial charge in [-0.25, -0.2) is 9.18 Å². The highest BCUT2D eigenvalue weighted by Gasteiger charge is 2.30. The topological polar surface area (TPSA) is 26.3 Å². The molecule has 0 spiro atoms. The van der Waals surface area contributed by atoms with Crippen molar-refractivity contribution in [2.45, 2.75) is 34.1 Å². The van der Waals surface area contributed by atoms with Crippen LogP contribution in [-0.4, -0.2) is 11.6 Å². The molecule has 34 heavy (non-hydrogen) atoms. The Bertz CT molecular complexity index is 1300. The van der Waals surface area contributed by atoms with Crippen LogP contribution in [0.1, 0.15) is 29.8 Å². The Kier molecular flexibility index (Phi) is 7.15. The van der Waals surface area contributed by atoms with Crippen LogP contribution in [0.25, 0.3) is 0 Å². The SMILES string of the molecule is CC(C)(C#Cc1cccc(F)c1)OC(=O)c1cccc([S+](c2ccccc2)c2ccccc2)c1. The van der Waals surface area contributed by atoms with Crippen LogP contribution in [0.5, 0.6) is 0 Å². The molecule has 0 aliphatic carbocycles. The molecule has 0 saturated heterocycles. The first-order valence-corrected chi connectivity index (χ1v) is 12.1. The first-order valence-electron chi connectivity index (χ1n) is 10.9. The predicted molar refractivity (Wildman–Crippen MR) is 134 cm³/mol. The minimum Gasteiger partial charge on any atom is -0.443 e. The van der Waals surface area contributed by atoms with Gasteiger partial charge in [0.1, 0.15) is 5.82 Å². The predicted octanol–water partition coefficient (Wildman–Crippen LogP) is 6.91. The summed E-state index contributed by atoms with van der Waals surface area (Å²) >= 11 is 0. The summed E-state index contributed by atoms with van der Waals surface area (Å²) in [6, 6.07) is 34.1. The molecular formula is C30H24FO2S+. The molecule has 0 fully saturated rings. The largest absolute Gasteiger partial charge is 0.443 e. The third-order valence-corrected chi connectivity index (χ3v) is 7.16. The normalized spacial score (nSPS) is 10.9. The molecule has 4 rings (SSSR count). The van der Waals surface area contributed by atoms with E-state index in [-0.39, 0.29) is 16.7 Å². The molecule has 4 heteroatoms. The number of rotatable bonds is 5. The number of carbonyl (C=O) groups is 1. The number of ether oxygens (including phenoxy) is 1. The molecule has 0 bridgehead atoms. The van der Waals surface area contributed by atoms with Gasteiger partial charge in [0.25, 0.3) is 0 Å². The molecule has 0 N–H and O–H groups in total. The fourth-order valence-electron chi connectivity index (χ4n) is 3.38. The molecule has 0 unspecified atom stereocenters. The Morgan fingerprint density at radius 2 is 1.35 bits per heavy atom. The van der Waals surface area contributed by atoms with Crippen LogP contribution in [0.3, 0.4) is 0 Å². The van der Waals surface area contributed by atoms with Gasteiger partial charge in [-0.3, -0.25) is 0 Å². The maximum absolute atomic E-state index is 13.4. The maximum Gasteiger partial charge on any atom is 0.339 e. The van der Waals surface area contributed by atoms with Crippen LogP contribution in [0.2, 0.25) is 0 Å². The third-order valence-electron chi connectivity index (χ3n) is 4.94. The smallest absolute Gasteiger partial charge is 0.339 e. The molecule has 0 radical (unpaired) electrons. The average molecular weight is 468 g/mol. The van der Waals surface area contributed by atoms with E-state index in [1.807, 2.05) is 54.6 Å². The molecular weight excluding hydrogens is 443 g/mol. The lowest BCUT2D eigenvalue weighted by Gasteiger charge is -2.19. The summed E-state index contributed by atoms with van der Waals surface area (Å²) in [6.07, 6.45) is 0. The molecule has 4 aromatic carbocycles. The number of halogens is 1. The van der Waals surface area contributed by atoms with Crippen molar-refractivity contribution in [1.82, 2.24) is 0 Å². The minimum atomic E-state index is -1.04. The number of benzene rings is 4. The van der Waals surface area contributed by atoms with E-state index in [9.17, 15) is 9.18 Å². The summed E-state index contributed by atoms with van der Waals surface area (Å²) in [7, 11) is -0.366. The highest BCUT2D eigenvalue weighted by atomic mass is 32.2. The molecule has 0 heterocycles. The van der Waals surface area contributed by atoms with Crippen LogP contribution >= 0.6 is 0 Å². The standard InChI is InChI=1S/C30H24FO2S/c1-30(2,20-19-23-11-9-13-25(31)21-23)33-29(32)24-12-10-18-28(22-24)34(26-14-5-3-6-15-26)27-16-7-4-8-17-27/h3-18,21-22H,1-2H3/q+1. The number of hydrogen-bond acceptors (Lipinski definition) is 2. The fraction of sp³-hybridized carbons (Fsp3) is 0.100. The van der Waals surface area contributed by atoms with Crippen molar-refractivity contribution in [2.24, 2.45) is 0 Å². The fourth-order valence-corrected chi connectivity index (χ4v) is 5.51. The van der Waals surface area contributed by atoms with E-state index in [0.29, 0.717) is 11.1 Å². The van der Waals surface area contributed by atoms with E-state index >= 15 is 0 Å². The Morgan fingerprint density at radius 3 is 1.97 bits per heavy atom. The zero-order chi connectivity index (χ0) is 24.0. The molecule has 0 amide bonds. The molecule has 168 valence electrons. The molecule has 0 atom stereocenters. The van der Waals surface area contributed by atoms with Crippen molar-refractivity contribution in [1.29, 1.82) is 0 Å². The van der Waals surface area contributed by atoms with Crippen molar-refractivity contribution in [3.63, 3.8) is 0 Å². The molecule has 0 aliphatic heterocycles. The Balaban J connectivity index is 1.60. The van der Waals surface area contributed by atoms with Crippen LogP contribution < -0.4 is 0 Å². The monoisotopic (exact) mass is 467 g/mol. The number of hydrogen-bond donors (Lipinski definition) is 0. The van der Waals surface area contributed by atoms with E-state index in [4.69, 9.17) is 4.74 Å². The van der Waals surface area contributed by atoms with Crippen LogP contribution in [-0.2, 0) is 15.6 Å². The van der Waals surface area contributed by atoms with E-state index in [1.54, 1.807) is 32.0 Å². The second-order valence-corrected chi connectivity index (χ2v) is 10.1. The van der Waals surface area contributed by atoms with Gasteiger partial charge in [0.05, 0.1) is 16.5 Å². The molecule has 0 aliphatic rings. The van der Waals surface area contributed by atoms with Gasteiger partial charge in [-0.05, 0) is 68.4 Å².